The van der Waals surface area contributed by atoms with Gasteiger partial charge in [0, 0.05) is 10.4 Å². The van der Waals surface area contributed by atoms with Gasteiger partial charge in [0.25, 0.3) is 5.91 Å². The lowest BCUT2D eigenvalue weighted by Gasteiger charge is -2.34. The van der Waals surface area contributed by atoms with Crippen LogP contribution in [0.25, 0.3) is 0 Å². The van der Waals surface area contributed by atoms with Crippen molar-refractivity contribution in [1.29, 1.82) is 0 Å². The molecule has 3 rings (SSSR count). The number of ketones is 1. The van der Waals surface area contributed by atoms with Crippen molar-refractivity contribution >= 4 is 39.1 Å². The van der Waals surface area contributed by atoms with E-state index in [2.05, 4.69) is 33.2 Å². The van der Waals surface area contributed by atoms with Crippen molar-refractivity contribution in [2.45, 2.75) is 39.0 Å². The van der Waals surface area contributed by atoms with E-state index in [1.165, 1.54) is 6.20 Å². The molecule has 1 aliphatic rings. The number of nitrogens with two attached hydrogens (primary N) is 1. The molecule has 142 valence electrons. The maximum Gasteiger partial charge on any atom is 0.292 e. The smallest absolute Gasteiger partial charge is 0.292 e. The number of aromatic nitrogens is 1. The minimum absolute atomic E-state index is 0.0585. The number of pyridine rings is 1. The summed E-state index contributed by atoms with van der Waals surface area (Å²) in [6.45, 7) is 3.95. The fraction of sp³-hybridized carbons (Fsp3) is 0.381. The van der Waals surface area contributed by atoms with Gasteiger partial charge in [0.1, 0.15) is 5.82 Å². The Balaban J connectivity index is 1.80. The molecule has 0 aliphatic heterocycles. The van der Waals surface area contributed by atoms with Crippen LogP contribution in [-0.2, 0) is 9.59 Å². The van der Waals surface area contributed by atoms with Gasteiger partial charge in [0.05, 0.1) is 11.9 Å². The van der Waals surface area contributed by atoms with E-state index in [9.17, 15) is 9.59 Å². The van der Waals surface area contributed by atoms with Crippen molar-refractivity contribution < 1.29 is 9.59 Å². The molecule has 1 aromatic carbocycles. The number of carbonyl (C=O) groups excluding carboxylic acids is 2. The molecule has 6 heteroatoms. The monoisotopic (exact) mass is 429 g/mol. The third-order valence-electron chi connectivity index (χ3n) is 5.33. The lowest BCUT2D eigenvalue weighted by atomic mass is 9.70. The van der Waals surface area contributed by atoms with E-state index in [4.69, 9.17) is 5.73 Å². The molecular formula is C21H24BrN3O2. The van der Waals surface area contributed by atoms with E-state index < -0.39 is 5.91 Å². The van der Waals surface area contributed by atoms with Crippen molar-refractivity contribution in [1.82, 2.24) is 4.98 Å². The zero-order valence-electron chi connectivity index (χ0n) is 15.5. The van der Waals surface area contributed by atoms with Gasteiger partial charge in [0.15, 0.2) is 0 Å². The fourth-order valence-electron chi connectivity index (χ4n) is 3.82. The predicted octanol–water partition coefficient (Wildman–Crippen LogP) is 4.46. The Labute approximate surface area is 167 Å². The first-order valence-corrected chi connectivity index (χ1v) is 9.97. The van der Waals surface area contributed by atoms with Crippen molar-refractivity contribution in [3.8, 4) is 0 Å². The van der Waals surface area contributed by atoms with Gasteiger partial charge in [0.2, 0.25) is 5.78 Å². The standard InChI is InChI=1S/C21H24BrN3O2/c1-12-6-7-17(14-4-3-5-15(22)10-14)18(8-12)19(26)21(27)25-16-9-13(2)20(23)24-11-16/h3-5,9-12,17-18H,6-8H2,1-2H3,(H2,23,24)(H,25,27)/t12-,17+,18?/m1/s1. The third-order valence-corrected chi connectivity index (χ3v) is 5.82. The fourth-order valence-corrected chi connectivity index (χ4v) is 4.24. The molecule has 3 atom stereocenters. The Bertz CT molecular complexity index is 868. The molecule has 1 amide bonds. The van der Waals surface area contributed by atoms with E-state index in [1.807, 2.05) is 31.2 Å². The molecule has 1 unspecified atom stereocenters. The largest absolute Gasteiger partial charge is 0.383 e. The number of carbonyl (C=O) groups is 2. The first-order valence-electron chi connectivity index (χ1n) is 9.18. The van der Waals surface area contributed by atoms with Crippen LogP contribution in [0, 0.1) is 18.8 Å². The topological polar surface area (TPSA) is 85.1 Å². The maximum absolute atomic E-state index is 13.0. The van der Waals surface area contributed by atoms with Gasteiger partial charge in [-0.15, -0.1) is 0 Å². The Morgan fingerprint density at radius 1 is 1.26 bits per heavy atom. The van der Waals surface area contributed by atoms with Crippen LogP contribution in [0.4, 0.5) is 11.5 Å². The minimum atomic E-state index is -0.583. The van der Waals surface area contributed by atoms with Crippen LogP contribution >= 0.6 is 15.9 Å². The third kappa shape index (κ3) is 4.56. The van der Waals surface area contributed by atoms with Gasteiger partial charge >= 0.3 is 0 Å². The van der Waals surface area contributed by atoms with Crippen LogP contribution in [0.3, 0.4) is 0 Å². The molecule has 1 aromatic heterocycles. The summed E-state index contributed by atoms with van der Waals surface area (Å²) in [4.78, 5) is 29.7. The predicted molar refractivity (Wildman–Crippen MR) is 110 cm³/mol. The highest BCUT2D eigenvalue weighted by molar-refractivity contribution is 9.10. The lowest BCUT2D eigenvalue weighted by molar-refractivity contribution is -0.138. The number of hydrogen-bond acceptors (Lipinski definition) is 4. The number of hydrogen-bond donors (Lipinski definition) is 2. The lowest BCUT2D eigenvalue weighted by Crippen LogP contribution is -2.36. The molecule has 0 saturated heterocycles. The Morgan fingerprint density at radius 3 is 2.74 bits per heavy atom. The Hall–Kier alpha value is -2.21. The van der Waals surface area contributed by atoms with Crippen molar-refractivity contribution in [3.63, 3.8) is 0 Å². The number of amides is 1. The summed E-state index contributed by atoms with van der Waals surface area (Å²) in [6.07, 6.45) is 4.17. The summed E-state index contributed by atoms with van der Waals surface area (Å²) < 4.78 is 0.984. The molecule has 0 spiro atoms. The molecule has 2 aromatic rings. The highest BCUT2D eigenvalue weighted by atomic mass is 79.9. The first-order chi connectivity index (χ1) is 12.8. The molecule has 0 radical (unpaired) electrons. The molecule has 0 bridgehead atoms. The van der Waals surface area contributed by atoms with E-state index in [0.29, 0.717) is 17.4 Å². The van der Waals surface area contributed by atoms with E-state index in [0.717, 1.165) is 34.9 Å². The van der Waals surface area contributed by atoms with Crippen molar-refractivity contribution in [2.24, 2.45) is 11.8 Å². The van der Waals surface area contributed by atoms with E-state index in [-0.39, 0.29) is 17.6 Å². The molecular weight excluding hydrogens is 406 g/mol. The van der Waals surface area contributed by atoms with Gasteiger partial charge in [-0.25, -0.2) is 4.98 Å². The van der Waals surface area contributed by atoms with Crippen LogP contribution < -0.4 is 11.1 Å². The number of anilines is 2. The van der Waals surface area contributed by atoms with Crippen LogP contribution in [0.15, 0.2) is 41.0 Å². The van der Waals surface area contributed by atoms with Crippen molar-refractivity contribution in [2.75, 3.05) is 11.1 Å². The molecule has 3 N–H and O–H groups in total. The van der Waals surface area contributed by atoms with Gasteiger partial charge in [-0.1, -0.05) is 41.4 Å². The zero-order chi connectivity index (χ0) is 19.6. The highest BCUT2D eigenvalue weighted by Gasteiger charge is 2.37. The first kappa shape index (κ1) is 19.5. The van der Waals surface area contributed by atoms with Crippen LogP contribution in [0.1, 0.15) is 43.2 Å². The number of rotatable bonds is 4. The SMILES string of the molecule is Cc1cc(NC(=O)C(=O)C2C[C@H](C)CC[C@H]2c2cccc(Br)c2)cnc1N. The summed E-state index contributed by atoms with van der Waals surface area (Å²) >= 11 is 3.50. The van der Waals surface area contributed by atoms with E-state index in [1.54, 1.807) is 6.07 Å². The summed E-state index contributed by atoms with van der Waals surface area (Å²) in [5.74, 6) is -0.360. The van der Waals surface area contributed by atoms with Crippen LogP contribution in [0.5, 0.6) is 0 Å². The molecule has 5 nitrogen and oxygen atoms in total. The average molecular weight is 430 g/mol. The second-order valence-corrected chi connectivity index (χ2v) is 8.35. The number of Topliss-reactive ketones (excluding diaryl/α,β-unsaturated/α-hetero) is 1. The minimum Gasteiger partial charge on any atom is -0.383 e. The second kappa shape index (κ2) is 8.21. The average Bonchev–Trinajstić information content (AvgIpc) is 2.64. The summed E-state index contributed by atoms with van der Waals surface area (Å²) in [5, 5.41) is 2.69. The van der Waals surface area contributed by atoms with Gasteiger partial charge < -0.3 is 11.1 Å². The number of benzene rings is 1. The molecule has 1 saturated carbocycles. The van der Waals surface area contributed by atoms with E-state index >= 15 is 0 Å². The van der Waals surface area contributed by atoms with Crippen LogP contribution in [0.2, 0.25) is 0 Å². The normalized spacial score (nSPS) is 22.3. The Morgan fingerprint density at radius 2 is 2.04 bits per heavy atom. The molecule has 1 fully saturated rings. The summed E-state index contributed by atoms with van der Waals surface area (Å²) in [6, 6.07) is 9.75. The Kier molecular flexibility index (Phi) is 5.95. The van der Waals surface area contributed by atoms with Crippen LogP contribution in [-0.4, -0.2) is 16.7 Å². The number of aryl methyl sites for hydroxylation is 1. The number of nitrogens with zero attached hydrogens (tertiary/aromatic N) is 1. The van der Waals surface area contributed by atoms with Crippen molar-refractivity contribution in [3.05, 3.63) is 52.1 Å². The second-order valence-electron chi connectivity index (χ2n) is 7.43. The van der Waals surface area contributed by atoms with Gasteiger partial charge in [-0.3, -0.25) is 9.59 Å². The van der Waals surface area contributed by atoms with Gasteiger partial charge in [-0.2, -0.15) is 0 Å². The van der Waals surface area contributed by atoms with Gasteiger partial charge in [-0.05, 0) is 60.9 Å². The number of nitrogens with one attached hydrogen (secondary N) is 1. The molecule has 1 aliphatic carbocycles. The number of halogens is 1. The highest BCUT2D eigenvalue weighted by Crippen LogP contribution is 2.41. The maximum atomic E-state index is 13.0. The zero-order valence-corrected chi connectivity index (χ0v) is 17.1. The quantitative estimate of drug-likeness (QED) is 0.702. The summed E-state index contributed by atoms with van der Waals surface area (Å²) in [7, 11) is 0. The summed E-state index contributed by atoms with van der Waals surface area (Å²) in [5.41, 5.74) is 8.07. The molecule has 1 heterocycles. The molecule has 27 heavy (non-hydrogen) atoms. The number of nitrogen functional groups attached to an aromatic ring is 1.